The van der Waals surface area contributed by atoms with Crippen LogP contribution in [0.5, 0.6) is 0 Å². The summed E-state index contributed by atoms with van der Waals surface area (Å²) in [5.41, 5.74) is 3.30. The van der Waals surface area contributed by atoms with Crippen molar-refractivity contribution in [3.63, 3.8) is 0 Å². The van der Waals surface area contributed by atoms with Crippen LogP contribution in [-0.2, 0) is 10.5 Å². The first-order chi connectivity index (χ1) is 9.51. The van der Waals surface area contributed by atoms with E-state index in [1.165, 1.54) is 23.1 Å². The van der Waals surface area contributed by atoms with Gasteiger partial charge in [-0.2, -0.15) is 0 Å². The molecule has 20 heavy (non-hydrogen) atoms. The molecule has 0 saturated heterocycles. The maximum Gasteiger partial charge on any atom is 0.374 e. The Morgan fingerprint density at radius 2 is 1.95 bits per heavy atom. The van der Waals surface area contributed by atoms with E-state index in [9.17, 15) is 4.79 Å². The van der Waals surface area contributed by atoms with Gasteiger partial charge in [-0.15, -0.1) is 11.8 Å². The van der Waals surface area contributed by atoms with Crippen LogP contribution in [0.2, 0.25) is 0 Å². The van der Waals surface area contributed by atoms with Gasteiger partial charge in [0.2, 0.25) is 5.76 Å². The predicted molar refractivity (Wildman–Crippen MR) is 80.3 cm³/mol. The molecule has 0 atom stereocenters. The summed E-state index contributed by atoms with van der Waals surface area (Å²) < 4.78 is 10.3. The summed E-state index contributed by atoms with van der Waals surface area (Å²) in [6, 6.07) is 8.28. The number of methoxy groups -OCH3 is 1. The molecule has 0 unspecified atom stereocenters. The van der Waals surface area contributed by atoms with Gasteiger partial charge in [0.15, 0.2) is 0 Å². The number of carbonyl (C=O) groups is 1. The SMILES string of the molecule is COC(=O)c1oc(CSc2cc(C)ccc2C)cc1C. The second-order valence-corrected chi connectivity index (χ2v) is 5.79. The third kappa shape index (κ3) is 3.25. The molecule has 1 heterocycles. The third-order valence-corrected chi connectivity index (χ3v) is 4.23. The molecule has 0 bridgehead atoms. The lowest BCUT2D eigenvalue weighted by Crippen LogP contribution is -2.00. The number of hydrogen-bond acceptors (Lipinski definition) is 4. The standard InChI is InChI=1S/C16H18O3S/c1-10-5-6-11(2)14(7-10)20-9-13-8-12(3)15(19-13)16(17)18-4/h5-8H,9H2,1-4H3. The van der Waals surface area contributed by atoms with Crippen molar-refractivity contribution in [2.45, 2.75) is 31.4 Å². The molecule has 0 spiro atoms. The van der Waals surface area contributed by atoms with Crippen molar-refractivity contribution >= 4 is 17.7 Å². The van der Waals surface area contributed by atoms with Gasteiger partial charge in [0.1, 0.15) is 5.76 Å². The van der Waals surface area contributed by atoms with Gasteiger partial charge in [0.25, 0.3) is 0 Å². The van der Waals surface area contributed by atoms with Crippen molar-refractivity contribution in [2.75, 3.05) is 7.11 Å². The lowest BCUT2D eigenvalue weighted by Gasteiger charge is -2.05. The fourth-order valence-electron chi connectivity index (χ4n) is 1.93. The minimum atomic E-state index is -0.425. The molecule has 1 aromatic carbocycles. The Balaban J connectivity index is 2.11. The van der Waals surface area contributed by atoms with Crippen molar-refractivity contribution in [2.24, 2.45) is 0 Å². The van der Waals surface area contributed by atoms with Crippen LogP contribution >= 0.6 is 11.8 Å². The van der Waals surface area contributed by atoms with Crippen LogP contribution in [0, 0.1) is 20.8 Å². The van der Waals surface area contributed by atoms with E-state index in [1.807, 2.05) is 13.0 Å². The van der Waals surface area contributed by atoms with Gasteiger partial charge in [0.05, 0.1) is 12.9 Å². The molecule has 0 N–H and O–H groups in total. The number of hydrogen-bond donors (Lipinski definition) is 0. The molecule has 0 amide bonds. The highest BCUT2D eigenvalue weighted by Gasteiger charge is 2.16. The van der Waals surface area contributed by atoms with Crippen molar-refractivity contribution in [3.05, 3.63) is 52.5 Å². The first-order valence-corrected chi connectivity index (χ1v) is 7.37. The number of rotatable bonds is 4. The molecule has 2 rings (SSSR count). The molecule has 0 radical (unpaired) electrons. The molecule has 4 heteroatoms. The van der Waals surface area contributed by atoms with E-state index in [2.05, 4.69) is 36.8 Å². The van der Waals surface area contributed by atoms with E-state index in [4.69, 9.17) is 4.42 Å². The maximum absolute atomic E-state index is 11.5. The molecular formula is C16H18O3S. The average Bonchev–Trinajstić information content (AvgIpc) is 2.80. The van der Waals surface area contributed by atoms with E-state index in [1.54, 1.807) is 11.8 Å². The van der Waals surface area contributed by atoms with Gasteiger partial charge >= 0.3 is 5.97 Å². The van der Waals surface area contributed by atoms with Crippen LogP contribution in [0.1, 0.15) is 33.0 Å². The van der Waals surface area contributed by atoms with Crippen molar-refractivity contribution in [1.29, 1.82) is 0 Å². The first-order valence-electron chi connectivity index (χ1n) is 6.39. The van der Waals surface area contributed by atoms with Crippen LogP contribution in [0.3, 0.4) is 0 Å². The Kier molecular flexibility index (Phi) is 4.55. The molecule has 3 nitrogen and oxygen atoms in total. The number of carbonyl (C=O) groups excluding carboxylic acids is 1. The van der Waals surface area contributed by atoms with Gasteiger partial charge in [-0.3, -0.25) is 0 Å². The Morgan fingerprint density at radius 1 is 1.20 bits per heavy atom. The van der Waals surface area contributed by atoms with Gasteiger partial charge in [-0.1, -0.05) is 17.7 Å². The normalized spacial score (nSPS) is 10.6. The van der Waals surface area contributed by atoms with Crippen LogP contribution in [0.4, 0.5) is 0 Å². The summed E-state index contributed by atoms with van der Waals surface area (Å²) in [7, 11) is 1.36. The first kappa shape index (κ1) is 14.7. The maximum atomic E-state index is 11.5. The molecule has 0 aliphatic heterocycles. The monoisotopic (exact) mass is 290 g/mol. The highest BCUT2D eigenvalue weighted by molar-refractivity contribution is 7.98. The van der Waals surface area contributed by atoms with Gasteiger partial charge in [-0.25, -0.2) is 4.79 Å². The van der Waals surface area contributed by atoms with E-state index in [0.717, 1.165) is 11.3 Å². The largest absolute Gasteiger partial charge is 0.463 e. The summed E-state index contributed by atoms with van der Waals surface area (Å²) in [6.45, 7) is 6.02. The summed E-state index contributed by atoms with van der Waals surface area (Å²) in [4.78, 5) is 12.7. The van der Waals surface area contributed by atoms with E-state index in [0.29, 0.717) is 11.5 Å². The number of aryl methyl sites for hydroxylation is 3. The van der Waals surface area contributed by atoms with Crippen molar-refractivity contribution < 1.29 is 13.9 Å². The molecule has 0 aliphatic carbocycles. The number of benzene rings is 1. The minimum absolute atomic E-state index is 0.295. The Labute approximate surface area is 123 Å². The van der Waals surface area contributed by atoms with Gasteiger partial charge in [-0.05, 0) is 38.5 Å². The average molecular weight is 290 g/mol. The fraction of sp³-hybridized carbons (Fsp3) is 0.312. The molecule has 1 aromatic heterocycles. The summed E-state index contributed by atoms with van der Waals surface area (Å²) >= 11 is 1.71. The van der Waals surface area contributed by atoms with E-state index >= 15 is 0 Å². The zero-order valence-corrected chi connectivity index (χ0v) is 13.0. The van der Waals surface area contributed by atoms with Crippen LogP contribution < -0.4 is 0 Å². The fourth-order valence-corrected chi connectivity index (χ4v) is 2.93. The zero-order valence-electron chi connectivity index (χ0n) is 12.1. The summed E-state index contributed by atoms with van der Waals surface area (Å²) in [5.74, 6) is 1.35. The van der Waals surface area contributed by atoms with Crippen LogP contribution in [-0.4, -0.2) is 13.1 Å². The number of esters is 1. The van der Waals surface area contributed by atoms with Gasteiger partial charge in [0, 0.05) is 10.5 Å². The molecule has 0 aliphatic rings. The quantitative estimate of drug-likeness (QED) is 0.622. The Morgan fingerprint density at radius 3 is 2.65 bits per heavy atom. The highest BCUT2D eigenvalue weighted by Crippen LogP contribution is 2.28. The lowest BCUT2D eigenvalue weighted by molar-refractivity contribution is 0.0562. The van der Waals surface area contributed by atoms with Gasteiger partial charge < -0.3 is 9.15 Å². The van der Waals surface area contributed by atoms with Crippen molar-refractivity contribution in [1.82, 2.24) is 0 Å². The topological polar surface area (TPSA) is 39.4 Å². The molecular weight excluding hydrogens is 272 g/mol. The van der Waals surface area contributed by atoms with Crippen LogP contribution in [0.25, 0.3) is 0 Å². The minimum Gasteiger partial charge on any atom is -0.463 e. The molecule has 2 aromatic rings. The predicted octanol–water partition coefficient (Wildman–Crippen LogP) is 4.28. The molecule has 106 valence electrons. The second kappa shape index (κ2) is 6.18. The molecule has 0 saturated carbocycles. The number of thioether (sulfide) groups is 1. The number of furan rings is 1. The van der Waals surface area contributed by atoms with Crippen LogP contribution in [0.15, 0.2) is 33.6 Å². The van der Waals surface area contributed by atoms with E-state index in [-0.39, 0.29) is 0 Å². The summed E-state index contributed by atoms with van der Waals surface area (Å²) in [6.07, 6.45) is 0. The lowest BCUT2D eigenvalue weighted by atomic mass is 10.2. The zero-order chi connectivity index (χ0) is 14.7. The van der Waals surface area contributed by atoms with Crippen molar-refractivity contribution in [3.8, 4) is 0 Å². The second-order valence-electron chi connectivity index (χ2n) is 4.77. The molecule has 0 fully saturated rings. The third-order valence-electron chi connectivity index (χ3n) is 3.05. The summed E-state index contributed by atoms with van der Waals surface area (Å²) in [5, 5.41) is 0. The smallest absolute Gasteiger partial charge is 0.374 e. The Bertz CT molecular complexity index is 629. The Hall–Kier alpha value is -1.68. The number of ether oxygens (including phenoxy) is 1. The van der Waals surface area contributed by atoms with E-state index < -0.39 is 5.97 Å². The highest BCUT2D eigenvalue weighted by atomic mass is 32.2.